The monoisotopic (exact) mass is 285 g/mol. The average Bonchev–Trinajstić information content (AvgIpc) is 2.45. The van der Waals surface area contributed by atoms with E-state index in [2.05, 4.69) is 50.4 Å². The van der Waals surface area contributed by atoms with E-state index in [0.29, 0.717) is 5.92 Å². The molecule has 0 heterocycles. The Morgan fingerprint density at radius 3 is 2.33 bits per heavy atom. The van der Waals surface area contributed by atoms with Gasteiger partial charge < -0.3 is 5.32 Å². The molecule has 0 aliphatic carbocycles. The molecule has 0 saturated carbocycles. The fraction of sp³-hybridized carbons (Fsp3) is 0.368. The van der Waals surface area contributed by atoms with Crippen molar-refractivity contribution in [1.82, 2.24) is 5.32 Å². The summed E-state index contributed by atoms with van der Waals surface area (Å²) in [4.78, 5) is 0. The minimum absolute atomic E-state index is 0.114. The maximum atomic E-state index is 13.1. The molecule has 2 rings (SSSR count). The molecule has 2 aromatic rings. The molecule has 2 heteroatoms. The van der Waals surface area contributed by atoms with Crippen LogP contribution < -0.4 is 5.32 Å². The highest BCUT2D eigenvalue weighted by Crippen LogP contribution is 2.24. The maximum Gasteiger partial charge on any atom is 0.123 e. The standard InChI is InChI=1S/C19H24FN/c1-4-21-19(16-8-10-18(20)11-9-16)17-7-5-6-15(13-17)12-14(2)3/h5-11,13-14,19,21H,4,12H2,1-3H3. The van der Waals surface area contributed by atoms with Crippen LogP contribution in [0, 0.1) is 11.7 Å². The average molecular weight is 285 g/mol. The van der Waals surface area contributed by atoms with Gasteiger partial charge in [-0.15, -0.1) is 0 Å². The van der Waals surface area contributed by atoms with Crippen LogP contribution in [-0.2, 0) is 6.42 Å². The van der Waals surface area contributed by atoms with Crippen LogP contribution in [0.5, 0.6) is 0 Å². The largest absolute Gasteiger partial charge is 0.307 e. The van der Waals surface area contributed by atoms with Crippen molar-refractivity contribution in [2.24, 2.45) is 5.92 Å². The zero-order chi connectivity index (χ0) is 15.2. The molecule has 1 N–H and O–H groups in total. The molecule has 1 atom stereocenters. The Morgan fingerprint density at radius 1 is 1.00 bits per heavy atom. The Bertz CT molecular complexity index is 560. The third-order valence-corrected chi connectivity index (χ3v) is 3.54. The van der Waals surface area contributed by atoms with E-state index in [1.165, 1.54) is 23.3 Å². The van der Waals surface area contributed by atoms with Gasteiger partial charge in [0.15, 0.2) is 0 Å². The first-order chi connectivity index (χ1) is 10.1. The van der Waals surface area contributed by atoms with E-state index in [0.717, 1.165) is 18.5 Å². The van der Waals surface area contributed by atoms with Gasteiger partial charge in [-0.1, -0.05) is 57.2 Å². The third kappa shape index (κ3) is 4.40. The lowest BCUT2D eigenvalue weighted by Gasteiger charge is -2.20. The van der Waals surface area contributed by atoms with Gasteiger partial charge in [-0.2, -0.15) is 0 Å². The fourth-order valence-corrected chi connectivity index (χ4v) is 2.66. The van der Waals surface area contributed by atoms with Gasteiger partial charge in [-0.05, 0) is 47.7 Å². The summed E-state index contributed by atoms with van der Waals surface area (Å²) in [7, 11) is 0. The van der Waals surface area contributed by atoms with Gasteiger partial charge in [0.2, 0.25) is 0 Å². The predicted molar refractivity (Wildman–Crippen MR) is 86.9 cm³/mol. The first kappa shape index (κ1) is 15.7. The number of rotatable bonds is 6. The van der Waals surface area contributed by atoms with Crippen molar-refractivity contribution in [3.8, 4) is 0 Å². The summed E-state index contributed by atoms with van der Waals surface area (Å²) in [5.74, 6) is 0.450. The van der Waals surface area contributed by atoms with Crippen molar-refractivity contribution >= 4 is 0 Å². The smallest absolute Gasteiger partial charge is 0.123 e. The van der Waals surface area contributed by atoms with Crippen molar-refractivity contribution in [3.63, 3.8) is 0 Å². The topological polar surface area (TPSA) is 12.0 Å². The quantitative estimate of drug-likeness (QED) is 0.809. The fourth-order valence-electron chi connectivity index (χ4n) is 2.66. The molecule has 0 saturated heterocycles. The Kier molecular flexibility index (Phi) is 5.51. The Balaban J connectivity index is 2.31. The second-order valence-corrected chi connectivity index (χ2v) is 5.89. The van der Waals surface area contributed by atoms with Crippen LogP contribution in [0.15, 0.2) is 48.5 Å². The van der Waals surface area contributed by atoms with Crippen LogP contribution in [-0.4, -0.2) is 6.54 Å². The number of hydrogen-bond donors (Lipinski definition) is 1. The lowest BCUT2D eigenvalue weighted by atomic mass is 9.94. The summed E-state index contributed by atoms with van der Waals surface area (Å²) >= 11 is 0. The highest BCUT2D eigenvalue weighted by molar-refractivity contribution is 5.34. The summed E-state index contributed by atoms with van der Waals surface area (Å²) in [6.45, 7) is 7.42. The van der Waals surface area contributed by atoms with Crippen LogP contribution in [0.4, 0.5) is 4.39 Å². The van der Waals surface area contributed by atoms with Crippen molar-refractivity contribution in [2.45, 2.75) is 33.2 Å². The SMILES string of the molecule is CCNC(c1ccc(F)cc1)c1cccc(CC(C)C)c1. The van der Waals surface area contributed by atoms with Crippen LogP contribution in [0.1, 0.15) is 43.5 Å². The Hall–Kier alpha value is -1.67. The van der Waals surface area contributed by atoms with Gasteiger partial charge in [-0.25, -0.2) is 4.39 Å². The number of hydrogen-bond acceptors (Lipinski definition) is 1. The van der Waals surface area contributed by atoms with Gasteiger partial charge in [0.1, 0.15) is 5.82 Å². The molecule has 0 aliphatic heterocycles. The molecule has 2 aromatic carbocycles. The Morgan fingerprint density at radius 2 is 1.71 bits per heavy atom. The number of nitrogens with one attached hydrogen (secondary N) is 1. The predicted octanol–water partition coefficient (Wildman–Crippen LogP) is 4.72. The molecule has 0 aliphatic rings. The highest BCUT2D eigenvalue weighted by atomic mass is 19.1. The van der Waals surface area contributed by atoms with Gasteiger partial charge in [0.25, 0.3) is 0 Å². The summed E-state index contributed by atoms with van der Waals surface area (Å²) in [5.41, 5.74) is 3.69. The molecule has 0 spiro atoms. The molecule has 0 aromatic heterocycles. The molecule has 0 amide bonds. The van der Waals surface area contributed by atoms with E-state index in [1.807, 2.05) is 12.1 Å². The van der Waals surface area contributed by atoms with E-state index in [4.69, 9.17) is 0 Å². The maximum absolute atomic E-state index is 13.1. The molecule has 0 radical (unpaired) electrons. The van der Waals surface area contributed by atoms with Crippen LogP contribution in [0.3, 0.4) is 0 Å². The van der Waals surface area contributed by atoms with Crippen LogP contribution >= 0.6 is 0 Å². The lowest BCUT2D eigenvalue weighted by molar-refractivity contribution is 0.611. The highest BCUT2D eigenvalue weighted by Gasteiger charge is 2.13. The minimum Gasteiger partial charge on any atom is -0.307 e. The zero-order valence-corrected chi connectivity index (χ0v) is 13.1. The normalized spacial score (nSPS) is 12.6. The van der Waals surface area contributed by atoms with E-state index < -0.39 is 0 Å². The van der Waals surface area contributed by atoms with E-state index in [9.17, 15) is 4.39 Å². The van der Waals surface area contributed by atoms with Crippen LogP contribution in [0.2, 0.25) is 0 Å². The summed E-state index contributed by atoms with van der Waals surface area (Å²) < 4.78 is 13.1. The minimum atomic E-state index is -0.192. The molecule has 1 unspecified atom stereocenters. The zero-order valence-electron chi connectivity index (χ0n) is 13.1. The molecule has 1 nitrogen and oxygen atoms in total. The molecule has 112 valence electrons. The van der Waals surface area contributed by atoms with E-state index in [-0.39, 0.29) is 11.9 Å². The van der Waals surface area contributed by atoms with Gasteiger partial charge >= 0.3 is 0 Å². The third-order valence-electron chi connectivity index (χ3n) is 3.54. The molecular weight excluding hydrogens is 261 g/mol. The molecule has 0 bridgehead atoms. The van der Waals surface area contributed by atoms with E-state index >= 15 is 0 Å². The van der Waals surface area contributed by atoms with Crippen molar-refractivity contribution < 1.29 is 4.39 Å². The second kappa shape index (κ2) is 7.37. The molecular formula is C19H24FN. The summed E-state index contributed by atoms with van der Waals surface area (Å²) in [6.07, 6.45) is 1.08. The molecule has 21 heavy (non-hydrogen) atoms. The summed E-state index contributed by atoms with van der Waals surface area (Å²) in [5, 5.41) is 3.49. The van der Waals surface area contributed by atoms with E-state index in [1.54, 1.807) is 0 Å². The van der Waals surface area contributed by atoms with Gasteiger partial charge in [-0.3, -0.25) is 0 Å². The first-order valence-corrected chi connectivity index (χ1v) is 7.67. The van der Waals surface area contributed by atoms with Crippen LogP contribution in [0.25, 0.3) is 0 Å². The van der Waals surface area contributed by atoms with Gasteiger partial charge in [0, 0.05) is 0 Å². The second-order valence-electron chi connectivity index (χ2n) is 5.89. The Labute approximate surface area is 127 Å². The number of benzene rings is 2. The van der Waals surface area contributed by atoms with Crippen molar-refractivity contribution in [1.29, 1.82) is 0 Å². The number of halogens is 1. The molecule has 0 fully saturated rings. The van der Waals surface area contributed by atoms with Crippen molar-refractivity contribution in [3.05, 3.63) is 71.0 Å². The summed E-state index contributed by atoms with van der Waals surface area (Å²) in [6, 6.07) is 15.6. The van der Waals surface area contributed by atoms with Crippen molar-refractivity contribution in [2.75, 3.05) is 6.54 Å². The van der Waals surface area contributed by atoms with Gasteiger partial charge in [0.05, 0.1) is 6.04 Å². The first-order valence-electron chi connectivity index (χ1n) is 7.67. The lowest BCUT2D eigenvalue weighted by Crippen LogP contribution is -2.22.